The molecule has 33 heavy (non-hydrogen) atoms. The van der Waals surface area contributed by atoms with Gasteiger partial charge in [-0.05, 0) is 37.3 Å². The van der Waals surface area contributed by atoms with Gasteiger partial charge in [-0.25, -0.2) is 18.7 Å². The number of benzene rings is 2. The molecule has 4 rings (SSSR count). The summed E-state index contributed by atoms with van der Waals surface area (Å²) in [6.07, 6.45) is 1.23. The predicted molar refractivity (Wildman–Crippen MR) is 117 cm³/mol. The molecule has 11 heteroatoms. The highest BCUT2D eigenvalue weighted by Crippen LogP contribution is 2.38. The molecule has 0 fully saturated rings. The van der Waals surface area contributed by atoms with E-state index in [1.807, 2.05) is 0 Å². The molecule has 0 bridgehead atoms. The molecule has 1 N–H and O–H groups in total. The minimum absolute atomic E-state index is 0.0166. The lowest BCUT2D eigenvalue weighted by Crippen LogP contribution is -2.13. The van der Waals surface area contributed by atoms with Crippen LogP contribution < -0.4 is 0 Å². The van der Waals surface area contributed by atoms with Crippen LogP contribution in [0.1, 0.15) is 27.8 Å². The van der Waals surface area contributed by atoms with Gasteiger partial charge >= 0.3 is 11.9 Å². The van der Waals surface area contributed by atoms with Gasteiger partial charge in [0.1, 0.15) is 17.1 Å². The van der Waals surface area contributed by atoms with Gasteiger partial charge in [0.25, 0.3) is 0 Å². The van der Waals surface area contributed by atoms with Crippen LogP contribution in [-0.2, 0) is 4.74 Å². The van der Waals surface area contributed by atoms with Gasteiger partial charge in [-0.15, -0.1) is 0 Å². The number of carbonyl (C=O) groups excluding carboxylic acids is 1. The summed E-state index contributed by atoms with van der Waals surface area (Å²) in [5, 5.41) is 18.2. The van der Waals surface area contributed by atoms with Crippen LogP contribution in [0, 0.1) is 5.82 Å². The number of halogens is 3. The molecule has 168 valence electrons. The van der Waals surface area contributed by atoms with E-state index < -0.39 is 23.3 Å². The third-order valence-electron chi connectivity index (χ3n) is 4.64. The Morgan fingerprint density at radius 3 is 2.64 bits per heavy atom. The Labute approximate surface area is 196 Å². The summed E-state index contributed by atoms with van der Waals surface area (Å²) in [5.41, 5.74) is -0.776. The molecule has 0 radical (unpaired) electrons. The first kappa shape index (κ1) is 22.5. The third kappa shape index (κ3) is 4.08. The molecule has 0 aliphatic carbocycles. The summed E-state index contributed by atoms with van der Waals surface area (Å²) >= 11 is 12.2. The molecule has 8 nitrogen and oxygen atoms in total. The van der Waals surface area contributed by atoms with Gasteiger partial charge < -0.3 is 14.4 Å². The number of hydrogen-bond donors (Lipinski definition) is 1. The SMILES string of the molecule is CCOC(=O)c1c(-c2onc(-c3c(F)cccc3Cl)c2C(=O)O)cnn1-c1cccc(Cl)c1. The van der Waals surface area contributed by atoms with Crippen molar-refractivity contribution >= 4 is 35.1 Å². The monoisotopic (exact) mass is 489 g/mol. The fourth-order valence-electron chi connectivity index (χ4n) is 3.28. The predicted octanol–water partition coefficient (Wildman–Crippen LogP) is 5.52. The average Bonchev–Trinajstić information content (AvgIpc) is 3.38. The maximum absolute atomic E-state index is 14.5. The van der Waals surface area contributed by atoms with E-state index in [-0.39, 0.29) is 39.9 Å². The Morgan fingerprint density at radius 1 is 1.21 bits per heavy atom. The van der Waals surface area contributed by atoms with Crippen molar-refractivity contribution in [1.82, 2.24) is 14.9 Å². The minimum atomic E-state index is -1.47. The first-order chi connectivity index (χ1) is 15.8. The molecule has 2 heterocycles. The maximum Gasteiger partial charge on any atom is 0.357 e. The second-order valence-electron chi connectivity index (χ2n) is 6.66. The lowest BCUT2D eigenvalue weighted by molar-refractivity contribution is 0.0515. The standard InChI is InChI=1S/C22H14Cl2FN3O5/c1-2-32-22(31)19-13(10-26-28(19)12-6-3-5-11(23)9-12)20-17(21(29)30)18(27-33-20)16-14(24)7-4-8-15(16)25/h3-10H,2H2,1H3,(H,29,30). The van der Waals surface area contributed by atoms with Crippen molar-refractivity contribution in [3.8, 4) is 28.3 Å². The van der Waals surface area contributed by atoms with Crippen molar-refractivity contribution in [1.29, 1.82) is 0 Å². The normalized spacial score (nSPS) is 10.9. The zero-order valence-corrected chi connectivity index (χ0v) is 18.4. The van der Waals surface area contributed by atoms with E-state index in [1.54, 1.807) is 31.2 Å². The number of carbonyl (C=O) groups is 2. The van der Waals surface area contributed by atoms with Gasteiger partial charge in [0.05, 0.1) is 34.6 Å². The minimum Gasteiger partial charge on any atom is -0.477 e. The number of ether oxygens (including phenoxy) is 1. The molecule has 0 aliphatic heterocycles. The molecule has 0 saturated carbocycles. The Bertz CT molecular complexity index is 1360. The zero-order valence-electron chi connectivity index (χ0n) is 16.9. The lowest BCUT2D eigenvalue weighted by atomic mass is 10.0. The number of aromatic carboxylic acids is 1. The third-order valence-corrected chi connectivity index (χ3v) is 5.19. The van der Waals surface area contributed by atoms with Gasteiger partial charge in [0.2, 0.25) is 0 Å². The van der Waals surface area contributed by atoms with E-state index in [0.717, 1.165) is 6.07 Å². The van der Waals surface area contributed by atoms with Crippen molar-refractivity contribution in [2.45, 2.75) is 6.92 Å². The van der Waals surface area contributed by atoms with E-state index in [1.165, 1.54) is 23.0 Å². The Balaban J connectivity index is 1.98. The molecule has 4 aromatic rings. The van der Waals surface area contributed by atoms with E-state index in [2.05, 4.69) is 10.3 Å². The summed E-state index contributed by atoms with van der Waals surface area (Å²) in [4.78, 5) is 25.0. The van der Waals surface area contributed by atoms with Crippen LogP contribution in [0.25, 0.3) is 28.3 Å². The number of carboxylic acids is 1. The van der Waals surface area contributed by atoms with Gasteiger partial charge in [0.15, 0.2) is 11.5 Å². The number of aromatic nitrogens is 3. The first-order valence-electron chi connectivity index (χ1n) is 9.52. The fraction of sp³-hybridized carbons (Fsp3) is 0.0909. The number of rotatable bonds is 6. The Hall–Kier alpha value is -3.69. The van der Waals surface area contributed by atoms with Crippen LogP contribution in [0.5, 0.6) is 0 Å². The highest BCUT2D eigenvalue weighted by atomic mass is 35.5. The highest BCUT2D eigenvalue weighted by molar-refractivity contribution is 6.33. The molecule has 0 unspecified atom stereocenters. The van der Waals surface area contributed by atoms with Crippen LogP contribution >= 0.6 is 23.2 Å². The second-order valence-corrected chi connectivity index (χ2v) is 7.50. The molecule has 2 aromatic heterocycles. The van der Waals surface area contributed by atoms with Crippen LogP contribution in [0.4, 0.5) is 4.39 Å². The Morgan fingerprint density at radius 2 is 1.97 bits per heavy atom. The van der Waals surface area contributed by atoms with Crippen LogP contribution in [0.2, 0.25) is 10.0 Å². The first-order valence-corrected chi connectivity index (χ1v) is 10.3. The van der Waals surface area contributed by atoms with E-state index >= 15 is 0 Å². The van der Waals surface area contributed by atoms with Gasteiger partial charge in [0, 0.05) is 5.02 Å². The molecule has 0 spiro atoms. The molecule has 2 aromatic carbocycles. The van der Waals surface area contributed by atoms with Gasteiger partial charge in [-0.1, -0.05) is 40.5 Å². The van der Waals surface area contributed by atoms with Gasteiger partial charge in [-0.2, -0.15) is 5.10 Å². The summed E-state index contributed by atoms with van der Waals surface area (Å²) in [5.74, 6) is -3.35. The topological polar surface area (TPSA) is 107 Å². The van der Waals surface area contributed by atoms with Crippen LogP contribution in [0.15, 0.2) is 53.2 Å². The molecular weight excluding hydrogens is 476 g/mol. The number of nitrogens with zero attached hydrogens (tertiary/aromatic N) is 3. The quantitative estimate of drug-likeness (QED) is 0.355. The van der Waals surface area contributed by atoms with E-state index in [0.29, 0.717) is 10.7 Å². The van der Waals surface area contributed by atoms with Crippen molar-refractivity contribution in [2.75, 3.05) is 6.61 Å². The van der Waals surface area contributed by atoms with E-state index in [4.69, 9.17) is 32.5 Å². The van der Waals surface area contributed by atoms with Crippen molar-refractivity contribution in [2.24, 2.45) is 0 Å². The second kappa shape index (κ2) is 9.05. The van der Waals surface area contributed by atoms with Crippen molar-refractivity contribution in [3.05, 3.63) is 75.8 Å². The lowest BCUT2D eigenvalue weighted by Gasteiger charge is -2.09. The largest absolute Gasteiger partial charge is 0.477 e. The van der Waals surface area contributed by atoms with Gasteiger partial charge in [-0.3, -0.25) is 0 Å². The average molecular weight is 490 g/mol. The fourth-order valence-corrected chi connectivity index (χ4v) is 3.72. The molecule has 0 amide bonds. The van der Waals surface area contributed by atoms with E-state index in [9.17, 15) is 19.1 Å². The summed E-state index contributed by atoms with van der Waals surface area (Å²) < 4.78 is 26.2. The summed E-state index contributed by atoms with van der Waals surface area (Å²) in [7, 11) is 0. The van der Waals surface area contributed by atoms with Crippen LogP contribution in [-0.4, -0.2) is 38.6 Å². The molecular formula is C22H14Cl2FN3O5. The number of esters is 1. The van der Waals surface area contributed by atoms with Crippen molar-refractivity contribution < 1.29 is 28.3 Å². The van der Waals surface area contributed by atoms with Crippen LogP contribution in [0.3, 0.4) is 0 Å². The maximum atomic E-state index is 14.5. The summed E-state index contributed by atoms with van der Waals surface area (Å²) in [6, 6.07) is 10.4. The molecule has 0 saturated heterocycles. The summed E-state index contributed by atoms with van der Waals surface area (Å²) in [6.45, 7) is 1.67. The zero-order chi connectivity index (χ0) is 23.7. The highest BCUT2D eigenvalue weighted by Gasteiger charge is 2.33. The number of hydrogen-bond acceptors (Lipinski definition) is 6. The smallest absolute Gasteiger partial charge is 0.357 e. The molecule has 0 aliphatic rings. The van der Waals surface area contributed by atoms with Crippen molar-refractivity contribution in [3.63, 3.8) is 0 Å². The Kier molecular flexibility index (Phi) is 6.17. The number of carboxylic acid groups (broad SMARTS) is 1. The molecule has 0 atom stereocenters.